The summed E-state index contributed by atoms with van der Waals surface area (Å²) in [6.45, 7) is 0. The second-order valence-corrected chi connectivity index (χ2v) is 4.15. The Morgan fingerprint density at radius 1 is 1.12 bits per heavy atom. The largest absolute Gasteiger partial charge is 0.281 e. The Kier molecular flexibility index (Phi) is 3.89. The molecule has 2 aromatic rings. The van der Waals surface area contributed by atoms with E-state index in [-0.39, 0.29) is 5.24 Å². The topological polar surface area (TPSA) is 30.0 Å². The predicted molar refractivity (Wildman–Crippen MR) is 68.9 cm³/mol. The molecule has 0 aliphatic heterocycles. The Labute approximate surface area is 105 Å². The Balaban J connectivity index is 2.31. The number of benzene rings is 1. The molecule has 0 saturated carbocycles. The summed E-state index contributed by atoms with van der Waals surface area (Å²) in [7, 11) is 0. The van der Waals surface area contributed by atoms with Gasteiger partial charge >= 0.3 is 0 Å². The van der Waals surface area contributed by atoms with E-state index in [9.17, 15) is 4.79 Å². The molecule has 0 aliphatic carbocycles. The first-order chi connectivity index (χ1) is 8.27. The van der Waals surface area contributed by atoms with Crippen LogP contribution >= 0.6 is 11.6 Å². The van der Waals surface area contributed by atoms with Crippen molar-refractivity contribution in [3.63, 3.8) is 0 Å². The van der Waals surface area contributed by atoms with Crippen LogP contribution in [0.15, 0.2) is 48.7 Å². The third-order valence-corrected chi connectivity index (χ3v) is 2.74. The number of hydrogen-bond acceptors (Lipinski definition) is 2. The van der Waals surface area contributed by atoms with Crippen LogP contribution in [-0.4, -0.2) is 10.2 Å². The highest BCUT2D eigenvalue weighted by molar-refractivity contribution is 6.63. The van der Waals surface area contributed by atoms with Gasteiger partial charge in [-0.15, -0.1) is 0 Å². The Bertz CT molecular complexity index is 511. The van der Waals surface area contributed by atoms with Crippen molar-refractivity contribution in [2.24, 2.45) is 0 Å². The van der Waals surface area contributed by atoms with Crippen molar-refractivity contribution in [3.8, 4) is 11.3 Å². The molecule has 17 heavy (non-hydrogen) atoms. The lowest BCUT2D eigenvalue weighted by atomic mass is 10.0. The summed E-state index contributed by atoms with van der Waals surface area (Å²) in [5.41, 5.74) is 3.08. The van der Waals surface area contributed by atoms with Crippen molar-refractivity contribution in [2.75, 3.05) is 0 Å². The molecule has 1 heterocycles. The van der Waals surface area contributed by atoms with Crippen LogP contribution in [0.2, 0.25) is 0 Å². The van der Waals surface area contributed by atoms with Gasteiger partial charge in [-0.3, -0.25) is 9.78 Å². The summed E-state index contributed by atoms with van der Waals surface area (Å²) >= 11 is 5.37. The van der Waals surface area contributed by atoms with Crippen LogP contribution in [0.1, 0.15) is 12.0 Å². The number of carbonyl (C=O) groups excluding carboxylic acids is 1. The van der Waals surface area contributed by atoms with E-state index >= 15 is 0 Å². The molecule has 2 rings (SSSR count). The molecule has 3 heteroatoms. The van der Waals surface area contributed by atoms with Crippen molar-refractivity contribution in [3.05, 3.63) is 54.2 Å². The van der Waals surface area contributed by atoms with E-state index in [1.165, 1.54) is 0 Å². The number of aromatic nitrogens is 1. The molecule has 0 aliphatic rings. The van der Waals surface area contributed by atoms with E-state index in [1.807, 2.05) is 42.5 Å². The quantitative estimate of drug-likeness (QED) is 0.773. The second kappa shape index (κ2) is 5.60. The van der Waals surface area contributed by atoms with Crippen LogP contribution in [0.3, 0.4) is 0 Å². The smallest absolute Gasteiger partial charge is 0.221 e. The molecular formula is C14H12ClNO. The van der Waals surface area contributed by atoms with Gasteiger partial charge in [-0.1, -0.05) is 30.3 Å². The van der Waals surface area contributed by atoms with E-state index in [4.69, 9.17) is 11.6 Å². The van der Waals surface area contributed by atoms with Gasteiger partial charge in [0.15, 0.2) is 0 Å². The number of halogens is 1. The number of carbonyl (C=O) groups is 1. The number of hydrogen-bond donors (Lipinski definition) is 0. The Hall–Kier alpha value is -1.67. The van der Waals surface area contributed by atoms with Gasteiger partial charge in [0.2, 0.25) is 5.24 Å². The van der Waals surface area contributed by atoms with Crippen LogP contribution in [0, 0.1) is 0 Å². The molecule has 0 radical (unpaired) electrons. The Morgan fingerprint density at radius 2 is 1.88 bits per heavy atom. The van der Waals surface area contributed by atoms with Gasteiger partial charge in [-0.05, 0) is 35.7 Å². The van der Waals surface area contributed by atoms with Crippen molar-refractivity contribution in [2.45, 2.75) is 12.8 Å². The lowest BCUT2D eigenvalue weighted by molar-refractivity contribution is -0.111. The van der Waals surface area contributed by atoms with Crippen LogP contribution < -0.4 is 0 Å². The van der Waals surface area contributed by atoms with Gasteiger partial charge < -0.3 is 0 Å². The molecule has 0 unspecified atom stereocenters. The van der Waals surface area contributed by atoms with Gasteiger partial charge in [0.25, 0.3) is 0 Å². The number of aryl methyl sites for hydroxylation is 1. The maximum atomic E-state index is 10.8. The average molecular weight is 246 g/mol. The predicted octanol–water partition coefficient (Wildman–Crippen LogP) is 3.45. The molecule has 0 spiro atoms. The molecule has 0 fully saturated rings. The number of nitrogens with zero attached hydrogens (tertiary/aromatic N) is 1. The second-order valence-electron chi connectivity index (χ2n) is 3.73. The molecule has 0 atom stereocenters. The SMILES string of the molecule is O=C(Cl)CCc1ccccc1-c1ccccn1. The molecule has 1 aromatic carbocycles. The minimum atomic E-state index is -0.305. The lowest BCUT2D eigenvalue weighted by Gasteiger charge is -2.07. The third-order valence-electron chi connectivity index (χ3n) is 2.55. The zero-order valence-electron chi connectivity index (χ0n) is 9.27. The van der Waals surface area contributed by atoms with E-state index < -0.39 is 0 Å². The van der Waals surface area contributed by atoms with Crippen molar-refractivity contribution < 1.29 is 4.79 Å². The summed E-state index contributed by atoms with van der Waals surface area (Å²) in [6.07, 6.45) is 2.76. The molecule has 1 aromatic heterocycles. The zero-order chi connectivity index (χ0) is 12.1. The van der Waals surface area contributed by atoms with Crippen LogP contribution in [0.5, 0.6) is 0 Å². The maximum Gasteiger partial charge on any atom is 0.221 e. The standard InChI is InChI=1S/C14H12ClNO/c15-14(17)9-8-11-5-1-2-6-12(11)13-7-3-4-10-16-13/h1-7,10H,8-9H2. The summed E-state index contributed by atoms with van der Waals surface area (Å²) < 4.78 is 0. The van der Waals surface area contributed by atoms with Crippen molar-refractivity contribution in [1.29, 1.82) is 0 Å². The fourth-order valence-electron chi connectivity index (χ4n) is 1.74. The van der Waals surface area contributed by atoms with E-state index in [1.54, 1.807) is 6.20 Å². The molecule has 0 N–H and O–H groups in total. The first kappa shape index (κ1) is 11.8. The zero-order valence-corrected chi connectivity index (χ0v) is 10.0. The fraction of sp³-hybridized carbons (Fsp3) is 0.143. The highest BCUT2D eigenvalue weighted by atomic mass is 35.5. The summed E-state index contributed by atoms with van der Waals surface area (Å²) in [4.78, 5) is 15.1. The first-order valence-corrected chi connectivity index (χ1v) is 5.83. The minimum absolute atomic E-state index is 0.305. The van der Waals surface area contributed by atoms with Crippen LogP contribution in [0.25, 0.3) is 11.3 Å². The molecule has 2 nitrogen and oxygen atoms in total. The highest BCUT2D eigenvalue weighted by Gasteiger charge is 2.06. The maximum absolute atomic E-state index is 10.8. The monoisotopic (exact) mass is 245 g/mol. The molecule has 0 saturated heterocycles. The number of rotatable bonds is 4. The molecule has 86 valence electrons. The normalized spacial score (nSPS) is 10.2. The van der Waals surface area contributed by atoms with Gasteiger partial charge in [0.1, 0.15) is 0 Å². The van der Waals surface area contributed by atoms with Crippen LogP contribution in [0.4, 0.5) is 0 Å². The highest BCUT2D eigenvalue weighted by Crippen LogP contribution is 2.22. The van der Waals surface area contributed by atoms with E-state index in [0.29, 0.717) is 12.8 Å². The minimum Gasteiger partial charge on any atom is -0.281 e. The lowest BCUT2D eigenvalue weighted by Crippen LogP contribution is -1.95. The average Bonchev–Trinajstić information content (AvgIpc) is 2.38. The van der Waals surface area contributed by atoms with Gasteiger partial charge in [0.05, 0.1) is 5.69 Å². The first-order valence-electron chi connectivity index (χ1n) is 5.45. The van der Waals surface area contributed by atoms with Crippen molar-refractivity contribution in [1.82, 2.24) is 4.98 Å². The molecule has 0 bridgehead atoms. The van der Waals surface area contributed by atoms with Gasteiger partial charge in [0, 0.05) is 18.2 Å². The van der Waals surface area contributed by atoms with E-state index in [0.717, 1.165) is 16.8 Å². The Morgan fingerprint density at radius 3 is 2.59 bits per heavy atom. The fourth-order valence-corrected chi connectivity index (χ4v) is 1.84. The van der Waals surface area contributed by atoms with E-state index in [2.05, 4.69) is 4.98 Å². The number of pyridine rings is 1. The summed E-state index contributed by atoms with van der Waals surface area (Å²) in [5.74, 6) is 0. The van der Waals surface area contributed by atoms with Gasteiger partial charge in [-0.25, -0.2) is 0 Å². The molecule has 0 amide bonds. The van der Waals surface area contributed by atoms with Crippen molar-refractivity contribution >= 4 is 16.8 Å². The van der Waals surface area contributed by atoms with Crippen LogP contribution in [-0.2, 0) is 11.2 Å². The van der Waals surface area contributed by atoms with Gasteiger partial charge in [-0.2, -0.15) is 0 Å². The summed E-state index contributed by atoms with van der Waals surface area (Å²) in [6, 6.07) is 13.7. The molecular weight excluding hydrogens is 234 g/mol. The summed E-state index contributed by atoms with van der Waals surface area (Å²) in [5, 5.41) is -0.305. The third kappa shape index (κ3) is 3.14.